The first-order valence-corrected chi connectivity index (χ1v) is 9.14. The van der Waals surface area contributed by atoms with Crippen molar-refractivity contribution in [1.29, 1.82) is 5.41 Å². The molecule has 27 heavy (non-hydrogen) atoms. The minimum atomic E-state index is -0.363. The molecule has 2 aliphatic rings. The van der Waals surface area contributed by atoms with E-state index in [-0.39, 0.29) is 18.0 Å². The van der Waals surface area contributed by atoms with Gasteiger partial charge in [0, 0.05) is 11.6 Å². The van der Waals surface area contributed by atoms with Crippen molar-refractivity contribution in [3.05, 3.63) is 65.2 Å². The van der Waals surface area contributed by atoms with Gasteiger partial charge < -0.3 is 4.74 Å². The molecule has 0 saturated carbocycles. The van der Waals surface area contributed by atoms with Gasteiger partial charge in [-0.15, -0.1) is 0 Å². The van der Waals surface area contributed by atoms with E-state index in [1.165, 1.54) is 0 Å². The van der Waals surface area contributed by atoms with Crippen molar-refractivity contribution in [1.82, 2.24) is 21.3 Å². The van der Waals surface area contributed by atoms with Crippen LogP contribution in [0.15, 0.2) is 48.5 Å². The van der Waals surface area contributed by atoms with E-state index >= 15 is 0 Å². The maximum Gasteiger partial charge on any atom is 0.257 e. The summed E-state index contributed by atoms with van der Waals surface area (Å²) in [5.41, 5.74) is 12.1. The van der Waals surface area contributed by atoms with E-state index in [4.69, 9.17) is 10.1 Å². The summed E-state index contributed by atoms with van der Waals surface area (Å²) in [6.45, 7) is 3.11. The summed E-state index contributed by atoms with van der Waals surface area (Å²) >= 11 is 0. The summed E-state index contributed by atoms with van der Waals surface area (Å²) in [7, 11) is 0. The number of fused-ring (bicyclic) bond motifs is 1. The molecule has 0 bridgehead atoms. The molecule has 2 heterocycles. The normalized spacial score (nSPS) is 21.2. The molecule has 2 unspecified atom stereocenters. The lowest BCUT2D eigenvalue weighted by Crippen LogP contribution is -2.50. The van der Waals surface area contributed by atoms with E-state index in [1.54, 1.807) is 5.01 Å². The molecule has 7 nitrogen and oxygen atoms in total. The Bertz CT molecular complexity index is 852. The van der Waals surface area contributed by atoms with Crippen molar-refractivity contribution < 1.29 is 9.53 Å². The molecule has 4 N–H and O–H groups in total. The Kier molecular flexibility index (Phi) is 4.79. The zero-order valence-electron chi connectivity index (χ0n) is 15.2. The molecular formula is C20H23N5O2. The maximum atomic E-state index is 12.6. The lowest BCUT2D eigenvalue weighted by Gasteiger charge is -2.21. The second-order valence-electron chi connectivity index (χ2n) is 6.70. The first kappa shape index (κ1) is 17.5. The number of ether oxygens (including phenoxy) is 1. The van der Waals surface area contributed by atoms with Gasteiger partial charge in [0.25, 0.3) is 5.91 Å². The Morgan fingerprint density at radius 1 is 1.22 bits per heavy atom. The number of hydrazine groups is 2. The molecular weight excluding hydrogens is 342 g/mol. The number of amides is 1. The summed E-state index contributed by atoms with van der Waals surface area (Å²) < 4.78 is 5.47. The molecule has 1 saturated heterocycles. The molecule has 1 fully saturated rings. The van der Waals surface area contributed by atoms with Crippen molar-refractivity contribution in [2.24, 2.45) is 0 Å². The average Bonchev–Trinajstić information content (AvgIpc) is 3.29. The van der Waals surface area contributed by atoms with Gasteiger partial charge in [0.2, 0.25) is 0 Å². The molecule has 140 valence electrons. The van der Waals surface area contributed by atoms with E-state index in [1.807, 2.05) is 55.5 Å². The van der Waals surface area contributed by atoms with E-state index in [0.29, 0.717) is 25.4 Å². The highest BCUT2D eigenvalue weighted by Gasteiger charge is 2.33. The van der Waals surface area contributed by atoms with Crippen molar-refractivity contribution in [3.8, 4) is 5.75 Å². The van der Waals surface area contributed by atoms with Crippen LogP contribution in [-0.4, -0.2) is 29.4 Å². The standard InChI is InChI=1S/C20H23N5O2/c1-2-27-15-9-7-13(8-10-15)17-11-18(23-22-17)20(26)24-25-12-14-5-3-4-6-16(14)19(25)21/h3-10,17-18,21-23H,2,11-12H2,1H3,(H,24,26). The van der Waals surface area contributed by atoms with Crippen LogP contribution in [0.4, 0.5) is 0 Å². The van der Waals surface area contributed by atoms with Crippen LogP contribution in [0, 0.1) is 5.41 Å². The van der Waals surface area contributed by atoms with Gasteiger partial charge in [-0.25, -0.2) is 10.9 Å². The number of nitrogens with one attached hydrogen (secondary N) is 4. The number of hydrogen-bond acceptors (Lipinski definition) is 5. The predicted octanol–water partition coefficient (Wildman–Crippen LogP) is 1.87. The zero-order chi connectivity index (χ0) is 18.8. The number of carbonyl (C=O) groups excluding carboxylic acids is 1. The quantitative estimate of drug-likeness (QED) is 0.650. The Hall–Kier alpha value is -2.90. The van der Waals surface area contributed by atoms with Gasteiger partial charge >= 0.3 is 0 Å². The van der Waals surface area contributed by atoms with Crippen molar-refractivity contribution in [3.63, 3.8) is 0 Å². The van der Waals surface area contributed by atoms with E-state index < -0.39 is 0 Å². The predicted molar refractivity (Wildman–Crippen MR) is 102 cm³/mol. The number of carbonyl (C=O) groups is 1. The van der Waals surface area contributed by atoms with E-state index in [9.17, 15) is 4.79 Å². The van der Waals surface area contributed by atoms with Crippen molar-refractivity contribution in [2.75, 3.05) is 6.61 Å². The second kappa shape index (κ2) is 7.38. The fourth-order valence-electron chi connectivity index (χ4n) is 3.50. The molecule has 4 rings (SSSR count). The Balaban J connectivity index is 1.35. The van der Waals surface area contributed by atoms with Gasteiger partial charge in [0.05, 0.1) is 13.2 Å². The molecule has 2 atom stereocenters. The summed E-state index contributed by atoms with van der Waals surface area (Å²) in [6.07, 6.45) is 0.633. The average molecular weight is 365 g/mol. The zero-order valence-corrected chi connectivity index (χ0v) is 15.2. The molecule has 0 aliphatic carbocycles. The SMILES string of the molecule is CCOc1ccc(C2CC(C(=O)NN3Cc4ccccc4C3=N)NN2)cc1. The molecule has 0 spiro atoms. The van der Waals surface area contributed by atoms with Gasteiger partial charge in [-0.3, -0.25) is 20.6 Å². The third kappa shape index (κ3) is 3.51. The molecule has 1 amide bonds. The van der Waals surface area contributed by atoms with Crippen molar-refractivity contribution in [2.45, 2.75) is 32.0 Å². The second-order valence-corrected chi connectivity index (χ2v) is 6.70. The fourth-order valence-corrected chi connectivity index (χ4v) is 3.50. The first-order chi connectivity index (χ1) is 13.2. The van der Waals surface area contributed by atoms with Crippen LogP contribution in [0.5, 0.6) is 5.75 Å². The highest BCUT2D eigenvalue weighted by molar-refractivity contribution is 6.01. The Morgan fingerprint density at radius 3 is 2.74 bits per heavy atom. The van der Waals surface area contributed by atoms with Gasteiger partial charge in [0.15, 0.2) is 0 Å². The van der Waals surface area contributed by atoms with Crippen LogP contribution in [0.3, 0.4) is 0 Å². The van der Waals surface area contributed by atoms with Crippen molar-refractivity contribution >= 4 is 11.7 Å². The lowest BCUT2D eigenvalue weighted by atomic mass is 10.0. The van der Waals surface area contributed by atoms with Crippen LogP contribution < -0.4 is 21.0 Å². The highest BCUT2D eigenvalue weighted by atomic mass is 16.5. The van der Waals surface area contributed by atoms with E-state index in [0.717, 1.165) is 22.4 Å². The number of hydrogen-bond donors (Lipinski definition) is 4. The summed E-state index contributed by atoms with van der Waals surface area (Å²) in [5.74, 6) is 1.02. The third-order valence-electron chi connectivity index (χ3n) is 4.93. The van der Waals surface area contributed by atoms with Crippen LogP contribution >= 0.6 is 0 Å². The fraction of sp³-hybridized carbons (Fsp3) is 0.300. The van der Waals surface area contributed by atoms with E-state index in [2.05, 4.69) is 16.3 Å². The molecule has 2 aromatic rings. The number of rotatable bonds is 5. The Labute approximate surface area is 158 Å². The smallest absolute Gasteiger partial charge is 0.257 e. The van der Waals surface area contributed by atoms with Gasteiger partial charge in [-0.05, 0) is 36.6 Å². The van der Waals surface area contributed by atoms with Crippen LogP contribution in [0.2, 0.25) is 0 Å². The largest absolute Gasteiger partial charge is 0.494 e. The van der Waals surface area contributed by atoms with Crippen LogP contribution in [0.25, 0.3) is 0 Å². The lowest BCUT2D eigenvalue weighted by molar-refractivity contribution is -0.126. The van der Waals surface area contributed by atoms with Gasteiger partial charge in [-0.1, -0.05) is 36.4 Å². The topological polar surface area (TPSA) is 89.5 Å². The minimum Gasteiger partial charge on any atom is -0.494 e. The summed E-state index contributed by atoms with van der Waals surface area (Å²) in [4.78, 5) is 12.6. The van der Waals surface area contributed by atoms with Crippen LogP contribution in [0.1, 0.15) is 36.1 Å². The maximum absolute atomic E-state index is 12.6. The van der Waals surface area contributed by atoms with Gasteiger partial charge in [0.1, 0.15) is 17.6 Å². The third-order valence-corrected chi connectivity index (χ3v) is 4.93. The minimum absolute atomic E-state index is 0.0478. The highest BCUT2D eigenvalue weighted by Crippen LogP contribution is 2.25. The summed E-state index contributed by atoms with van der Waals surface area (Å²) in [6, 6.07) is 15.3. The molecule has 7 heteroatoms. The van der Waals surface area contributed by atoms with Gasteiger partial charge in [-0.2, -0.15) is 0 Å². The monoisotopic (exact) mass is 365 g/mol. The van der Waals surface area contributed by atoms with Crippen LogP contribution in [-0.2, 0) is 11.3 Å². The summed E-state index contributed by atoms with van der Waals surface area (Å²) in [5, 5.41) is 9.84. The molecule has 0 aromatic heterocycles. The molecule has 2 aromatic carbocycles. The number of benzene rings is 2. The first-order valence-electron chi connectivity index (χ1n) is 9.14. The number of amidine groups is 1. The molecule has 0 radical (unpaired) electrons. The molecule has 2 aliphatic heterocycles. The Morgan fingerprint density at radius 2 is 2.00 bits per heavy atom. The number of nitrogens with zero attached hydrogens (tertiary/aromatic N) is 1.